The van der Waals surface area contributed by atoms with Crippen molar-refractivity contribution in [1.29, 1.82) is 0 Å². The van der Waals surface area contributed by atoms with Gasteiger partial charge in [-0.05, 0) is 49.1 Å². The number of furan rings is 1. The minimum absolute atomic E-state index is 0.0376. The Kier molecular flexibility index (Phi) is 6.62. The van der Waals surface area contributed by atoms with Crippen LogP contribution in [0.3, 0.4) is 0 Å². The molecule has 1 aromatic carbocycles. The van der Waals surface area contributed by atoms with Gasteiger partial charge in [0.15, 0.2) is 5.82 Å². The largest absolute Gasteiger partial charge is 0.467 e. The number of fused-ring (bicyclic) bond motifs is 1. The van der Waals surface area contributed by atoms with Crippen molar-refractivity contribution in [3.63, 3.8) is 0 Å². The van der Waals surface area contributed by atoms with Crippen LogP contribution < -0.4 is 10.2 Å². The van der Waals surface area contributed by atoms with Gasteiger partial charge in [0.2, 0.25) is 5.91 Å². The highest BCUT2D eigenvalue weighted by Gasteiger charge is 2.19. The summed E-state index contributed by atoms with van der Waals surface area (Å²) >= 11 is 1.61. The van der Waals surface area contributed by atoms with Crippen LogP contribution in [0.4, 0.5) is 5.82 Å². The molecular formula is C24H26N4O2S. The Labute approximate surface area is 185 Å². The summed E-state index contributed by atoms with van der Waals surface area (Å²) in [5.74, 6) is 2.36. The fourth-order valence-electron chi connectivity index (χ4n) is 3.35. The molecule has 7 heteroatoms. The zero-order valence-electron chi connectivity index (χ0n) is 17.7. The fraction of sp³-hybridized carbons (Fsp3) is 0.292. The number of rotatable bonds is 9. The van der Waals surface area contributed by atoms with Crippen molar-refractivity contribution in [3.05, 3.63) is 65.9 Å². The Morgan fingerprint density at radius 1 is 1.16 bits per heavy atom. The van der Waals surface area contributed by atoms with Crippen LogP contribution >= 0.6 is 11.3 Å². The standard InChI is InChI=1S/C24H26N4O2S/c1-3-17(2)25-22(29)12-13-28(16-18-8-6-14-30-18)24-19-9-4-5-10-20(19)26-23(27-24)21-11-7-15-31-21/h4-11,14-15,17H,3,12-13,16H2,1-2H3,(H,25,29)/t17-/m1/s1. The van der Waals surface area contributed by atoms with Crippen LogP contribution in [0.1, 0.15) is 32.4 Å². The van der Waals surface area contributed by atoms with Crippen LogP contribution in [0.25, 0.3) is 21.6 Å². The molecule has 4 aromatic rings. The van der Waals surface area contributed by atoms with Crippen molar-refractivity contribution in [1.82, 2.24) is 15.3 Å². The van der Waals surface area contributed by atoms with E-state index in [0.717, 1.165) is 33.8 Å². The van der Waals surface area contributed by atoms with Gasteiger partial charge < -0.3 is 14.6 Å². The molecule has 0 bridgehead atoms. The maximum Gasteiger partial charge on any atom is 0.221 e. The predicted octanol–water partition coefficient (Wildman–Crippen LogP) is 5.26. The highest BCUT2D eigenvalue weighted by molar-refractivity contribution is 7.13. The second-order valence-electron chi connectivity index (χ2n) is 7.49. The summed E-state index contributed by atoms with van der Waals surface area (Å²) in [6, 6.07) is 16.0. The van der Waals surface area contributed by atoms with Crippen LogP contribution in [0.15, 0.2) is 64.6 Å². The van der Waals surface area contributed by atoms with E-state index >= 15 is 0 Å². The normalized spacial score (nSPS) is 12.1. The van der Waals surface area contributed by atoms with Gasteiger partial charge >= 0.3 is 0 Å². The maximum atomic E-state index is 12.5. The first-order valence-corrected chi connectivity index (χ1v) is 11.4. The van der Waals surface area contributed by atoms with E-state index < -0.39 is 0 Å². The molecule has 0 saturated carbocycles. The van der Waals surface area contributed by atoms with E-state index in [0.29, 0.717) is 25.3 Å². The quantitative estimate of drug-likeness (QED) is 0.389. The number of anilines is 1. The molecule has 0 radical (unpaired) electrons. The van der Waals surface area contributed by atoms with Crippen LogP contribution in [0, 0.1) is 0 Å². The van der Waals surface area contributed by atoms with Crippen molar-refractivity contribution in [2.75, 3.05) is 11.4 Å². The van der Waals surface area contributed by atoms with Gasteiger partial charge in [0.05, 0.1) is 23.2 Å². The highest BCUT2D eigenvalue weighted by atomic mass is 32.1. The summed E-state index contributed by atoms with van der Waals surface area (Å²) in [4.78, 5) is 25.3. The Morgan fingerprint density at radius 3 is 2.77 bits per heavy atom. The lowest BCUT2D eigenvalue weighted by molar-refractivity contribution is -0.121. The van der Waals surface area contributed by atoms with Crippen LogP contribution in [-0.2, 0) is 11.3 Å². The molecule has 0 aliphatic rings. The Morgan fingerprint density at radius 2 is 2.03 bits per heavy atom. The average Bonchev–Trinajstić information content (AvgIpc) is 3.50. The second-order valence-corrected chi connectivity index (χ2v) is 8.44. The number of amides is 1. The predicted molar refractivity (Wildman–Crippen MR) is 125 cm³/mol. The van der Waals surface area contributed by atoms with Crippen LogP contribution in [-0.4, -0.2) is 28.5 Å². The zero-order chi connectivity index (χ0) is 21.6. The number of hydrogen-bond acceptors (Lipinski definition) is 6. The Bertz CT molecular complexity index is 1130. The number of hydrogen-bond donors (Lipinski definition) is 1. The SMILES string of the molecule is CC[C@@H](C)NC(=O)CCN(Cc1ccco1)c1nc(-c2cccs2)nc2ccccc12. The molecule has 3 aromatic heterocycles. The highest BCUT2D eigenvalue weighted by Crippen LogP contribution is 2.30. The molecule has 0 saturated heterocycles. The van der Waals surface area contributed by atoms with Gasteiger partial charge in [0, 0.05) is 24.4 Å². The molecule has 1 atom stereocenters. The first-order chi connectivity index (χ1) is 15.1. The minimum atomic E-state index is 0.0376. The third-order valence-corrected chi connectivity index (χ3v) is 6.05. The molecule has 0 aliphatic heterocycles. The maximum absolute atomic E-state index is 12.5. The van der Waals surface area contributed by atoms with E-state index in [-0.39, 0.29) is 11.9 Å². The van der Waals surface area contributed by atoms with E-state index in [1.165, 1.54) is 0 Å². The summed E-state index contributed by atoms with van der Waals surface area (Å²) in [6.07, 6.45) is 2.94. The van der Waals surface area contributed by atoms with E-state index in [1.54, 1.807) is 17.6 Å². The molecule has 0 aliphatic carbocycles. The molecule has 1 amide bonds. The van der Waals surface area contributed by atoms with E-state index in [4.69, 9.17) is 14.4 Å². The average molecular weight is 435 g/mol. The number of nitrogens with zero attached hydrogens (tertiary/aromatic N) is 3. The first-order valence-electron chi connectivity index (χ1n) is 10.5. The van der Waals surface area contributed by atoms with E-state index in [9.17, 15) is 4.79 Å². The summed E-state index contributed by atoms with van der Waals surface area (Å²) < 4.78 is 5.61. The summed E-state index contributed by atoms with van der Waals surface area (Å²) in [6.45, 7) is 5.12. The smallest absolute Gasteiger partial charge is 0.221 e. The second kappa shape index (κ2) is 9.75. The van der Waals surface area contributed by atoms with Gasteiger partial charge in [-0.2, -0.15) is 0 Å². The van der Waals surface area contributed by atoms with Crippen molar-refractivity contribution in [2.45, 2.75) is 39.3 Å². The number of thiophene rings is 1. The number of carbonyl (C=O) groups excluding carboxylic acids is 1. The summed E-state index contributed by atoms with van der Waals surface area (Å²) in [5, 5.41) is 6.02. The number of aromatic nitrogens is 2. The molecule has 160 valence electrons. The van der Waals surface area contributed by atoms with Crippen molar-refractivity contribution < 1.29 is 9.21 Å². The summed E-state index contributed by atoms with van der Waals surface area (Å²) in [7, 11) is 0. The van der Waals surface area contributed by atoms with Gasteiger partial charge in [-0.1, -0.05) is 25.1 Å². The van der Waals surface area contributed by atoms with E-state index in [2.05, 4.69) is 17.1 Å². The number of para-hydroxylation sites is 1. The van der Waals surface area contributed by atoms with Gasteiger partial charge in [0.25, 0.3) is 0 Å². The number of carbonyl (C=O) groups is 1. The van der Waals surface area contributed by atoms with Gasteiger partial charge in [-0.3, -0.25) is 4.79 Å². The molecule has 3 heterocycles. The fourth-order valence-corrected chi connectivity index (χ4v) is 4.01. The molecule has 0 spiro atoms. The lowest BCUT2D eigenvalue weighted by Crippen LogP contribution is -2.35. The Hall–Kier alpha value is -3.19. The van der Waals surface area contributed by atoms with Gasteiger partial charge in [-0.15, -0.1) is 11.3 Å². The van der Waals surface area contributed by atoms with Gasteiger partial charge in [0.1, 0.15) is 11.6 Å². The summed E-state index contributed by atoms with van der Waals surface area (Å²) in [5.41, 5.74) is 0.879. The van der Waals surface area contributed by atoms with Crippen LogP contribution in [0.5, 0.6) is 0 Å². The third-order valence-electron chi connectivity index (χ3n) is 5.18. The lowest BCUT2D eigenvalue weighted by Gasteiger charge is -2.24. The minimum Gasteiger partial charge on any atom is -0.467 e. The van der Waals surface area contributed by atoms with Crippen molar-refractivity contribution in [2.24, 2.45) is 0 Å². The number of nitrogens with one attached hydrogen (secondary N) is 1. The Balaban J connectivity index is 1.70. The lowest BCUT2D eigenvalue weighted by atomic mass is 10.2. The molecular weight excluding hydrogens is 408 g/mol. The van der Waals surface area contributed by atoms with Crippen LogP contribution in [0.2, 0.25) is 0 Å². The number of benzene rings is 1. The first kappa shape index (κ1) is 21.1. The molecule has 0 unspecified atom stereocenters. The molecule has 31 heavy (non-hydrogen) atoms. The van der Waals surface area contributed by atoms with Crippen molar-refractivity contribution >= 4 is 34.0 Å². The monoisotopic (exact) mass is 434 g/mol. The van der Waals surface area contributed by atoms with Crippen molar-refractivity contribution in [3.8, 4) is 10.7 Å². The molecule has 6 nitrogen and oxygen atoms in total. The molecule has 4 rings (SSSR count). The van der Waals surface area contributed by atoms with E-state index in [1.807, 2.05) is 60.8 Å². The molecule has 1 N–H and O–H groups in total. The molecule has 0 fully saturated rings. The topological polar surface area (TPSA) is 71.3 Å². The van der Waals surface area contributed by atoms with Gasteiger partial charge in [-0.25, -0.2) is 9.97 Å². The zero-order valence-corrected chi connectivity index (χ0v) is 18.6. The third kappa shape index (κ3) is 5.11.